The standard InChI is InChI=1S/C25H32F2N2O2/c26-25(27)13-17-28(18-14-25)15-12-23(19-24(30)31)29(20-22-9-5-2-6-10-22)16-11-21-7-3-1-4-8-21/h1-10,23H,11-20H2,(H,30,31). The Balaban J connectivity index is 1.68. The molecule has 2 aromatic rings. The first kappa shape index (κ1) is 23.4. The first-order chi connectivity index (χ1) is 14.9. The number of piperidine rings is 1. The molecule has 1 unspecified atom stereocenters. The number of alkyl halides is 2. The Kier molecular flexibility index (Phi) is 8.55. The van der Waals surface area contributed by atoms with Gasteiger partial charge in [0.1, 0.15) is 0 Å². The summed E-state index contributed by atoms with van der Waals surface area (Å²) < 4.78 is 26.9. The Morgan fingerprint density at radius 1 is 1.00 bits per heavy atom. The van der Waals surface area contributed by atoms with Crippen molar-refractivity contribution in [2.24, 2.45) is 0 Å². The van der Waals surface area contributed by atoms with E-state index in [9.17, 15) is 18.7 Å². The number of carboxylic acid groups (broad SMARTS) is 1. The highest BCUT2D eigenvalue weighted by Gasteiger charge is 2.34. The molecule has 1 aliphatic heterocycles. The van der Waals surface area contributed by atoms with Gasteiger partial charge in [-0.1, -0.05) is 60.7 Å². The summed E-state index contributed by atoms with van der Waals surface area (Å²) in [6, 6.07) is 20.1. The second-order valence-electron chi connectivity index (χ2n) is 8.43. The first-order valence-corrected chi connectivity index (χ1v) is 11.1. The van der Waals surface area contributed by atoms with Crippen molar-refractivity contribution in [2.75, 3.05) is 26.2 Å². The van der Waals surface area contributed by atoms with E-state index in [1.165, 1.54) is 5.56 Å². The lowest BCUT2D eigenvalue weighted by Crippen LogP contribution is -2.43. The monoisotopic (exact) mass is 430 g/mol. The van der Waals surface area contributed by atoms with E-state index in [4.69, 9.17) is 0 Å². The lowest BCUT2D eigenvalue weighted by atomic mass is 10.0. The number of carboxylic acids is 1. The maximum atomic E-state index is 13.5. The number of aliphatic carboxylic acids is 1. The summed E-state index contributed by atoms with van der Waals surface area (Å²) in [5.74, 6) is -3.39. The lowest BCUT2D eigenvalue weighted by molar-refractivity contribution is -0.138. The van der Waals surface area contributed by atoms with Crippen molar-refractivity contribution in [2.45, 2.75) is 50.6 Å². The first-order valence-electron chi connectivity index (χ1n) is 11.1. The van der Waals surface area contributed by atoms with E-state index < -0.39 is 11.9 Å². The molecule has 1 aliphatic rings. The SMILES string of the molecule is O=C(O)CC(CCN1CCC(F)(F)CC1)N(CCc1ccccc1)Cc1ccccc1. The van der Waals surface area contributed by atoms with E-state index in [0.717, 1.165) is 18.5 Å². The quantitative estimate of drug-likeness (QED) is 0.561. The van der Waals surface area contributed by atoms with Crippen LogP contribution in [0.1, 0.15) is 36.8 Å². The van der Waals surface area contributed by atoms with Crippen LogP contribution in [0.3, 0.4) is 0 Å². The van der Waals surface area contributed by atoms with E-state index in [0.29, 0.717) is 32.6 Å². The second kappa shape index (κ2) is 11.3. The number of hydrogen-bond donors (Lipinski definition) is 1. The molecule has 1 heterocycles. The summed E-state index contributed by atoms with van der Waals surface area (Å²) in [5, 5.41) is 9.55. The fraction of sp³-hybridized carbons (Fsp3) is 0.480. The van der Waals surface area contributed by atoms with Gasteiger partial charge in [-0.25, -0.2) is 8.78 Å². The number of benzene rings is 2. The lowest BCUT2D eigenvalue weighted by Gasteiger charge is -2.35. The summed E-state index contributed by atoms with van der Waals surface area (Å²) in [5.41, 5.74) is 2.36. The number of nitrogens with zero attached hydrogens (tertiary/aromatic N) is 2. The number of carbonyl (C=O) groups is 1. The van der Waals surface area contributed by atoms with Crippen LogP contribution in [0.5, 0.6) is 0 Å². The largest absolute Gasteiger partial charge is 0.481 e. The van der Waals surface area contributed by atoms with Gasteiger partial charge in [-0.05, 0) is 30.5 Å². The third-order valence-electron chi connectivity index (χ3n) is 6.05. The molecule has 3 rings (SSSR count). The molecule has 1 saturated heterocycles. The zero-order valence-corrected chi connectivity index (χ0v) is 17.9. The molecular weight excluding hydrogens is 398 g/mol. The van der Waals surface area contributed by atoms with E-state index in [2.05, 4.69) is 29.2 Å². The molecule has 0 aromatic heterocycles. The van der Waals surface area contributed by atoms with Crippen molar-refractivity contribution in [3.8, 4) is 0 Å². The summed E-state index contributed by atoms with van der Waals surface area (Å²) in [4.78, 5) is 15.9. The Labute approximate surface area is 183 Å². The summed E-state index contributed by atoms with van der Waals surface area (Å²) >= 11 is 0. The Hall–Kier alpha value is -2.31. The van der Waals surface area contributed by atoms with Crippen molar-refractivity contribution in [1.82, 2.24) is 9.80 Å². The summed E-state index contributed by atoms with van der Waals surface area (Å²) in [7, 11) is 0. The van der Waals surface area contributed by atoms with Crippen LogP contribution in [0.15, 0.2) is 60.7 Å². The Morgan fingerprint density at radius 3 is 2.16 bits per heavy atom. The van der Waals surface area contributed by atoms with E-state index >= 15 is 0 Å². The Bertz CT molecular complexity index is 792. The predicted molar refractivity (Wildman–Crippen MR) is 118 cm³/mol. The number of hydrogen-bond acceptors (Lipinski definition) is 3. The summed E-state index contributed by atoms with van der Waals surface area (Å²) in [6.45, 7) is 2.80. The van der Waals surface area contributed by atoms with Crippen LogP contribution in [0.2, 0.25) is 0 Å². The molecule has 0 spiro atoms. The molecule has 0 saturated carbocycles. The van der Waals surface area contributed by atoms with Crippen molar-refractivity contribution in [1.29, 1.82) is 0 Å². The highest BCUT2D eigenvalue weighted by atomic mass is 19.3. The van der Waals surface area contributed by atoms with Gasteiger partial charge in [0.2, 0.25) is 0 Å². The van der Waals surface area contributed by atoms with Crippen molar-refractivity contribution < 1.29 is 18.7 Å². The molecule has 1 fully saturated rings. The molecular formula is C25H32F2N2O2. The fourth-order valence-corrected chi connectivity index (χ4v) is 4.18. The van der Waals surface area contributed by atoms with Gasteiger partial charge < -0.3 is 10.0 Å². The minimum Gasteiger partial charge on any atom is -0.481 e. The molecule has 2 aromatic carbocycles. The van der Waals surface area contributed by atoms with Gasteiger partial charge in [0, 0.05) is 45.1 Å². The van der Waals surface area contributed by atoms with Crippen molar-refractivity contribution in [3.63, 3.8) is 0 Å². The van der Waals surface area contributed by atoms with E-state index in [-0.39, 0.29) is 25.3 Å². The molecule has 0 bridgehead atoms. The highest BCUT2D eigenvalue weighted by Crippen LogP contribution is 2.28. The topological polar surface area (TPSA) is 43.8 Å². The van der Waals surface area contributed by atoms with Crippen LogP contribution in [-0.4, -0.2) is 59.0 Å². The maximum Gasteiger partial charge on any atom is 0.304 e. The maximum absolute atomic E-state index is 13.5. The molecule has 0 amide bonds. The number of likely N-dealkylation sites (tertiary alicyclic amines) is 1. The van der Waals surface area contributed by atoms with Gasteiger partial charge in [0.15, 0.2) is 0 Å². The van der Waals surface area contributed by atoms with Crippen molar-refractivity contribution in [3.05, 3.63) is 71.8 Å². The van der Waals surface area contributed by atoms with Crippen LogP contribution in [-0.2, 0) is 17.8 Å². The van der Waals surface area contributed by atoms with E-state index in [1.807, 2.05) is 41.3 Å². The van der Waals surface area contributed by atoms with Gasteiger partial charge in [-0.15, -0.1) is 0 Å². The average molecular weight is 431 g/mol. The number of rotatable bonds is 11. The number of halogens is 2. The molecule has 1 atom stereocenters. The average Bonchev–Trinajstić information content (AvgIpc) is 2.76. The molecule has 31 heavy (non-hydrogen) atoms. The van der Waals surface area contributed by atoms with Gasteiger partial charge in [-0.2, -0.15) is 0 Å². The second-order valence-corrected chi connectivity index (χ2v) is 8.43. The molecule has 6 heteroatoms. The smallest absolute Gasteiger partial charge is 0.304 e. The van der Waals surface area contributed by atoms with Gasteiger partial charge in [0.05, 0.1) is 6.42 Å². The molecule has 4 nitrogen and oxygen atoms in total. The third-order valence-corrected chi connectivity index (χ3v) is 6.05. The van der Waals surface area contributed by atoms with Gasteiger partial charge in [0.25, 0.3) is 5.92 Å². The van der Waals surface area contributed by atoms with E-state index in [1.54, 1.807) is 0 Å². The van der Waals surface area contributed by atoms with Crippen LogP contribution >= 0.6 is 0 Å². The van der Waals surface area contributed by atoms with Gasteiger partial charge >= 0.3 is 5.97 Å². The highest BCUT2D eigenvalue weighted by molar-refractivity contribution is 5.67. The Morgan fingerprint density at radius 2 is 1.58 bits per heavy atom. The predicted octanol–water partition coefficient (Wildman–Crippen LogP) is 4.70. The summed E-state index contributed by atoms with van der Waals surface area (Å²) in [6.07, 6.45) is 1.31. The van der Waals surface area contributed by atoms with Crippen LogP contribution < -0.4 is 0 Å². The zero-order chi connectivity index (χ0) is 22.1. The minimum atomic E-state index is -2.56. The van der Waals surface area contributed by atoms with Crippen LogP contribution in [0.4, 0.5) is 8.78 Å². The van der Waals surface area contributed by atoms with Crippen LogP contribution in [0, 0.1) is 0 Å². The van der Waals surface area contributed by atoms with Crippen molar-refractivity contribution >= 4 is 5.97 Å². The van der Waals surface area contributed by atoms with Crippen LogP contribution in [0.25, 0.3) is 0 Å². The molecule has 168 valence electrons. The molecule has 0 aliphatic carbocycles. The molecule has 0 radical (unpaired) electrons. The normalized spacial score (nSPS) is 17.5. The molecule has 1 N–H and O–H groups in total. The third kappa shape index (κ3) is 8.04. The van der Waals surface area contributed by atoms with Gasteiger partial charge in [-0.3, -0.25) is 9.69 Å². The minimum absolute atomic E-state index is 0.0472. The zero-order valence-electron chi connectivity index (χ0n) is 17.9. The fourth-order valence-electron chi connectivity index (χ4n) is 4.18.